The Morgan fingerprint density at radius 2 is 1.73 bits per heavy atom. The van der Waals surface area contributed by atoms with E-state index in [9.17, 15) is 21.6 Å². The maximum Gasteiger partial charge on any atom is 0.263 e. The molecule has 11 heteroatoms. The third-order valence-electron chi connectivity index (χ3n) is 5.54. The lowest BCUT2D eigenvalue weighted by molar-refractivity contribution is -0.123. The molecule has 1 amide bonds. The first-order chi connectivity index (χ1) is 15.6. The second kappa shape index (κ2) is 10.0. The number of nitrogens with zero attached hydrogens (tertiary/aromatic N) is 1. The van der Waals surface area contributed by atoms with Crippen molar-refractivity contribution in [2.45, 2.75) is 43.5 Å². The number of carbonyl (C=O) groups is 1. The lowest BCUT2D eigenvalue weighted by Gasteiger charge is -2.19. The third-order valence-corrected chi connectivity index (χ3v) is 8.27. The molecule has 0 bridgehead atoms. The molecule has 0 aliphatic carbocycles. The monoisotopic (exact) mass is 492 g/mol. The Morgan fingerprint density at radius 3 is 2.36 bits per heavy atom. The molecule has 33 heavy (non-hydrogen) atoms. The predicted octanol–water partition coefficient (Wildman–Crippen LogP) is 1.51. The number of hydrogen-bond acceptors (Lipinski definition) is 6. The Kier molecular flexibility index (Phi) is 7.55. The van der Waals surface area contributed by atoms with Gasteiger partial charge in [0.1, 0.15) is 11.9 Å². The van der Waals surface area contributed by atoms with Crippen molar-refractivity contribution in [2.24, 2.45) is 10.9 Å². The highest BCUT2D eigenvalue weighted by atomic mass is 32.2. The van der Waals surface area contributed by atoms with Gasteiger partial charge in [-0.15, -0.1) is 0 Å². The molecule has 0 spiro atoms. The number of hydrogen-bond donors (Lipinski definition) is 3. The van der Waals surface area contributed by atoms with E-state index in [-0.39, 0.29) is 34.9 Å². The Bertz CT molecular complexity index is 1260. The van der Waals surface area contributed by atoms with Crippen molar-refractivity contribution in [1.82, 2.24) is 14.8 Å². The van der Waals surface area contributed by atoms with Crippen molar-refractivity contribution in [3.05, 3.63) is 65.2 Å². The van der Waals surface area contributed by atoms with Gasteiger partial charge < -0.3 is 5.32 Å². The van der Waals surface area contributed by atoms with Gasteiger partial charge in [0, 0.05) is 12.1 Å². The normalized spacial score (nSPS) is 17.7. The summed E-state index contributed by atoms with van der Waals surface area (Å²) >= 11 is 0. The molecule has 2 aromatic rings. The van der Waals surface area contributed by atoms with E-state index in [1.165, 1.54) is 13.1 Å². The first kappa shape index (κ1) is 24.9. The predicted molar refractivity (Wildman–Crippen MR) is 127 cm³/mol. The molecular formula is C22H28N4O5S2. The summed E-state index contributed by atoms with van der Waals surface area (Å²) in [6.45, 7) is 4.06. The summed E-state index contributed by atoms with van der Waals surface area (Å²) in [6, 6.07) is 12.7. The molecule has 9 nitrogen and oxygen atoms in total. The van der Waals surface area contributed by atoms with E-state index in [4.69, 9.17) is 0 Å². The number of amides is 1. The van der Waals surface area contributed by atoms with Crippen LogP contribution >= 0.6 is 0 Å². The molecule has 0 fully saturated rings. The van der Waals surface area contributed by atoms with Crippen molar-refractivity contribution in [3.8, 4) is 0 Å². The molecule has 0 radical (unpaired) electrons. The molecule has 178 valence electrons. The van der Waals surface area contributed by atoms with Crippen LogP contribution in [0, 0.1) is 5.92 Å². The molecule has 2 atom stereocenters. The second-order valence-electron chi connectivity index (χ2n) is 7.91. The van der Waals surface area contributed by atoms with Gasteiger partial charge in [-0.2, -0.15) is 0 Å². The quantitative estimate of drug-likeness (QED) is 0.488. The molecule has 1 aliphatic rings. The number of fused-ring (bicyclic) bond motifs is 1. The number of nitrogens with one attached hydrogen (secondary N) is 3. The van der Waals surface area contributed by atoms with Gasteiger partial charge in [-0.1, -0.05) is 56.7 Å². The molecule has 0 aromatic heterocycles. The minimum absolute atomic E-state index is 0.121. The van der Waals surface area contributed by atoms with Crippen LogP contribution in [-0.4, -0.2) is 41.7 Å². The average molecular weight is 493 g/mol. The van der Waals surface area contributed by atoms with E-state index in [2.05, 4.69) is 19.8 Å². The standard InChI is InChI=1S/C22H28N4O5S2/c1-4-15(2)20(25-21-18-7-5-6-8-19(18)33(30,31)26-21)22(27)24-13-16-9-11-17(12-10-16)14-32(28,29)23-3/h5-12,15,20,23H,4,13-14H2,1-3H3,(H,24,27)(H,25,26)/t15-,20-/m0/s1. The SMILES string of the molecule is CC[C@H](C)[C@H](N=C1NS(=O)(=O)c2ccccc21)C(=O)NCc1ccc(CS(=O)(=O)NC)cc1. The van der Waals surface area contributed by atoms with E-state index in [0.717, 1.165) is 5.56 Å². The fourth-order valence-corrected chi connectivity index (χ4v) is 5.39. The van der Waals surface area contributed by atoms with Gasteiger partial charge >= 0.3 is 0 Å². The fraction of sp³-hybridized carbons (Fsp3) is 0.364. The number of amidine groups is 1. The highest BCUT2D eigenvalue weighted by Crippen LogP contribution is 2.24. The van der Waals surface area contributed by atoms with Crippen molar-refractivity contribution in [3.63, 3.8) is 0 Å². The lowest BCUT2D eigenvalue weighted by Crippen LogP contribution is -2.38. The summed E-state index contributed by atoms with van der Waals surface area (Å²) < 4.78 is 52.8. The fourth-order valence-electron chi connectivity index (χ4n) is 3.38. The summed E-state index contributed by atoms with van der Waals surface area (Å²) in [4.78, 5) is 17.6. The Hall–Kier alpha value is -2.76. The smallest absolute Gasteiger partial charge is 0.263 e. The minimum Gasteiger partial charge on any atom is -0.350 e. The summed E-state index contributed by atoms with van der Waals surface area (Å²) in [6.07, 6.45) is 0.678. The topological polar surface area (TPSA) is 134 Å². The molecule has 0 saturated heterocycles. The maximum atomic E-state index is 13.0. The first-order valence-electron chi connectivity index (χ1n) is 10.5. The minimum atomic E-state index is -3.69. The molecule has 2 aromatic carbocycles. The lowest BCUT2D eigenvalue weighted by atomic mass is 9.98. The van der Waals surface area contributed by atoms with Crippen LogP contribution in [-0.2, 0) is 37.1 Å². The van der Waals surface area contributed by atoms with Crippen LogP contribution in [0.1, 0.15) is 37.0 Å². The number of carbonyl (C=O) groups excluding carboxylic acids is 1. The molecule has 3 rings (SSSR count). The van der Waals surface area contributed by atoms with Crippen LogP contribution in [0.5, 0.6) is 0 Å². The highest BCUT2D eigenvalue weighted by molar-refractivity contribution is 7.90. The summed E-state index contributed by atoms with van der Waals surface area (Å²) in [5, 5.41) is 2.86. The molecular weight excluding hydrogens is 464 g/mol. The zero-order valence-electron chi connectivity index (χ0n) is 18.7. The molecule has 1 aliphatic heterocycles. The Labute approximate surface area is 194 Å². The van der Waals surface area contributed by atoms with Crippen LogP contribution in [0.15, 0.2) is 58.4 Å². The zero-order valence-corrected chi connectivity index (χ0v) is 20.3. The van der Waals surface area contributed by atoms with Crippen LogP contribution in [0.4, 0.5) is 0 Å². The highest BCUT2D eigenvalue weighted by Gasteiger charge is 2.33. The van der Waals surface area contributed by atoms with Crippen LogP contribution in [0.3, 0.4) is 0 Å². The molecule has 1 heterocycles. The third kappa shape index (κ3) is 5.98. The van der Waals surface area contributed by atoms with Crippen molar-refractivity contribution >= 4 is 31.8 Å². The largest absolute Gasteiger partial charge is 0.350 e. The molecule has 3 N–H and O–H groups in total. The van der Waals surface area contributed by atoms with Gasteiger partial charge in [0.05, 0.1) is 10.6 Å². The van der Waals surface area contributed by atoms with E-state index in [1.54, 1.807) is 42.5 Å². The number of aliphatic imine (C=N–C) groups is 1. The first-order valence-corrected chi connectivity index (χ1v) is 13.7. The summed E-state index contributed by atoms with van der Waals surface area (Å²) in [5.41, 5.74) is 1.89. The second-order valence-corrected chi connectivity index (χ2v) is 11.5. The zero-order chi connectivity index (χ0) is 24.2. The van der Waals surface area contributed by atoms with Gasteiger partial charge in [0.25, 0.3) is 10.0 Å². The Morgan fingerprint density at radius 1 is 1.09 bits per heavy atom. The van der Waals surface area contributed by atoms with Gasteiger partial charge in [0.15, 0.2) is 0 Å². The number of rotatable bonds is 9. The van der Waals surface area contributed by atoms with E-state index >= 15 is 0 Å². The Balaban J connectivity index is 1.74. The molecule has 0 saturated carbocycles. The van der Waals surface area contributed by atoms with E-state index in [0.29, 0.717) is 17.5 Å². The van der Waals surface area contributed by atoms with Crippen LogP contribution in [0.2, 0.25) is 0 Å². The summed E-state index contributed by atoms with van der Waals surface area (Å²) in [5.74, 6) is -0.395. The van der Waals surface area contributed by atoms with E-state index < -0.39 is 26.1 Å². The van der Waals surface area contributed by atoms with Crippen LogP contribution in [0.25, 0.3) is 0 Å². The van der Waals surface area contributed by atoms with Crippen molar-refractivity contribution < 1.29 is 21.6 Å². The van der Waals surface area contributed by atoms with Crippen molar-refractivity contribution in [2.75, 3.05) is 7.05 Å². The average Bonchev–Trinajstić information content (AvgIpc) is 3.06. The number of benzene rings is 2. The molecule has 0 unspecified atom stereocenters. The van der Waals surface area contributed by atoms with Crippen LogP contribution < -0.4 is 14.8 Å². The van der Waals surface area contributed by atoms with Gasteiger partial charge in [-0.25, -0.2) is 21.6 Å². The maximum absolute atomic E-state index is 13.0. The van der Waals surface area contributed by atoms with Gasteiger partial charge in [0.2, 0.25) is 15.9 Å². The van der Waals surface area contributed by atoms with Gasteiger partial charge in [-0.3, -0.25) is 14.5 Å². The summed E-state index contributed by atoms with van der Waals surface area (Å²) in [7, 11) is -5.69. The van der Waals surface area contributed by atoms with E-state index in [1.807, 2.05) is 13.8 Å². The number of sulfonamides is 2. The van der Waals surface area contributed by atoms with Gasteiger partial charge in [-0.05, 0) is 36.2 Å². The van der Waals surface area contributed by atoms with Crippen molar-refractivity contribution in [1.29, 1.82) is 0 Å².